The Balaban J connectivity index is 0. The van der Waals surface area contributed by atoms with Gasteiger partial charge in [-0.2, -0.15) is 6.42 Å². The average molecular weight is 278 g/mol. The van der Waals surface area contributed by atoms with Crippen molar-refractivity contribution in [1.82, 2.24) is 5.43 Å². The summed E-state index contributed by atoms with van der Waals surface area (Å²) in [6, 6.07) is 0. The number of hydrogen-bond donors (Lipinski definition) is 1. The molecule has 0 aliphatic carbocycles. The molecule has 47 valence electrons. The van der Waals surface area contributed by atoms with Crippen LogP contribution in [0.4, 0.5) is 0 Å². The summed E-state index contributed by atoms with van der Waals surface area (Å²) in [6.45, 7) is 4.37. The second kappa shape index (κ2) is 9.76. The molecular formula is C4H10IrN2-2. The van der Waals surface area contributed by atoms with E-state index in [2.05, 4.69) is 12.3 Å². The van der Waals surface area contributed by atoms with Crippen LogP contribution >= 0.6 is 0 Å². The van der Waals surface area contributed by atoms with E-state index in [-0.39, 0.29) is 20.1 Å². The third-order valence-corrected chi connectivity index (χ3v) is 0.552. The monoisotopic (exact) mass is 279 g/mol. The van der Waals surface area contributed by atoms with Crippen LogP contribution in [0.3, 0.4) is 0 Å². The molecule has 0 heterocycles. The molecule has 0 aromatic carbocycles. The topological polar surface area (TPSA) is 35.8 Å². The second-order valence-corrected chi connectivity index (χ2v) is 1.13. The van der Waals surface area contributed by atoms with E-state index in [1.165, 1.54) is 0 Å². The summed E-state index contributed by atoms with van der Waals surface area (Å²) in [5, 5.41) is 0. The minimum Gasteiger partial charge on any atom is -0.613 e. The van der Waals surface area contributed by atoms with E-state index < -0.39 is 0 Å². The van der Waals surface area contributed by atoms with Gasteiger partial charge in [-0.15, -0.1) is 0 Å². The van der Waals surface area contributed by atoms with Gasteiger partial charge in [0.2, 0.25) is 0 Å². The van der Waals surface area contributed by atoms with Gasteiger partial charge >= 0.3 is 0 Å². The largest absolute Gasteiger partial charge is 0.613 e. The molecule has 0 aliphatic rings. The first-order chi connectivity index (χ1) is 2.91. The Morgan fingerprint density at radius 2 is 2.14 bits per heavy atom. The van der Waals surface area contributed by atoms with Crippen molar-refractivity contribution in [2.24, 2.45) is 0 Å². The molecule has 3 heteroatoms. The van der Waals surface area contributed by atoms with Gasteiger partial charge in [0.15, 0.2) is 0 Å². The van der Waals surface area contributed by atoms with Crippen LogP contribution in [0.2, 0.25) is 0 Å². The fourth-order valence-electron chi connectivity index (χ4n) is 0.213. The first-order valence-corrected chi connectivity index (χ1v) is 2.10. The minimum atomic E-state index is 0. The van der Waals surface area contributed by atoms with Crippen LogP contribution in [0.25, 0.3) is 5.84 Å². The summed E-state index contributed by atoms with van der Waals surface area (Å²) < 4.78 is 0. The zero-order chi connectivity index (χ0) is 4.83. The smallest absolute Gasteiger partial charge is 0 e. The third kappa shape index (κ3) is 10.8. The molecular weight excluding hydrogens is 268 g/mol. The van der Waals surface area contributed by atoms with Gasteiger partial charge in [0.1, 0.15) is 0 Å². The molecule has 0 aromatic rings. The standard InChI is InChI=1S/C4H10N2.Ir/c1-2-3-4-6-5;/h5-6H,1-4H2;/q-2;. The molecule has 1 radical (unpaired) electrons. The molecule has 0 aliphatic heterocycles. The van der Waals surface area contributed by atoms with E-state index in [0.29, 0.717) is 0 Å². The van der Waals surface area contributed by atoms with Crippen molar-refractivity contribution in [1.29, 1.82) is 0 Å². The van der Waals surface area contributed by atoms with E-state index >= 15 is 0 Å². The van der Waals surface area contributed by atoms with Crippen LogP contribution in [0.1, 0.15) is 12.8 Å². The molecule has 7 heavy (non-hydrogen) atoms. The van der Waals surface area contributed by atoms with Gasteiger partial charge in [-0.25, -0.2) is 0 Å². The van der Waals surface area contributed by atoms with Gasteiger partial charge < -0.3 is 18.2 Å². The molecule has 0 rings (SSSR count). The molecule has 0 fully saturated rings. The van der Waals surface area contributed by atoms with Gasteiger partial charge in [0.05, 0.1) is 0 Å². The predicted octanol–water partition coefficient (Wildman–Crippen LogP) is 1.15. The Hall–Kier alpha value is 0.569. The normalized spacial score (nSPS) is 7.71. The van der Waals surface area contributed by atoms with Crippen LogP contribution in [-0.2, 0) is 20.1 Å². The van der Waals surface area contributed by atoms with Crippen LogP contribution < -0.4 is 5.43 Å². The Morgan fingerprint density at radius 3 is 2.29 bits per heavy atom. The van der Waals surface area contributed by atoms with Crippen LogP contribution in [0.15, 0.2) is 0 Å². The van der Waals surface area contributed by atoms with Crippen molar-refractivity contribution in [3.63, 3.8) is 0 Å². The fraction of sp³-hybridized carbons (Fsp3) is 0.750. The number of unbranched alkanes of at least 4 members (excludes halogenated alkanes) is 1. The Labute approximate surface area is 58.2 Å². The zero-order valence-electron chi connectivity index (χ0n) is 4.16. The minimum absolute atomic E-state index is 0. The van der Waals surface area contributed by atoms with Crippen molar-refractivity contribution in [3.8, 4) is 0 Å². The summed E-state index contributed by atoms with van der Waals surface area (Å²) in [5.41, 5.74) is 2.28. The molecule has 0 amide bonds. The Kier molecular flexibility index (Phi) is 14.7. The predicted molar refractivity (Wildman–Crippen MR) is 26.9 cm³/mol. The molecule has 0 saturated heterocycles. The maximum Gasteiger partial charge on any atom is 0 e. The molecule has 0 bridgehead atoms. The summed E-state index contributed by atoms with van der Waals surface area (Å²) in [7, 11) is 0. The Bertz CT molecular complexity index is 21.7. The van der Waals surface area contributed by atoms with E-state index in [4.69, 9.17) is 5.84 Å². The zero-order valence-corrected chi connectivity index (χ0v) is 6.56. The molecule has 0 atom stereocenters. The fourth-order valence-corrected chi connectivity index (χ4v) is 0.213. The van der Waals surface area contributed by atoms with Crippen LogP contribution in [0.5, 0.6) is 0 Å². The first-order valence-electron chi connectivity index (χ1n) is 2.10. The molecule has 2 N–H and O–H groups in total. The SMILES string of the molecule is [CH2-]CCCN[NH-].[Ir]. The Morgan fingerprint density at radius 1 is 1.57 bits per heavy atom. The van der Waals surface area contributed by atoms with Crippen molar-refractivity contribution >= 4 is 0 Å². The molecule has 0 unspecified atom stereocenters. The number of hydrogen-bond acceptors (Lipinski definition) is 1. The number of rotatable bonds is 3. The van der Waals surface area contributed by atoms with E-state index in [9.17, 15) is 0 Å². The molecule has 2 nitrogen and oxygen atoms in total. The van der Waals surface area contributed by atoms with Gasteiger partial charge in [0, 0.05) is 20.1 Å². The van der Waals surface area contributed by atoms with Crippen molar-refractivity contribution < 1.29 is 20.1 Å². The van der Waals surface area contributed by atoms with Gasteiger partial charge in [-0.05, 0) is 6.54 Å². The third-order valence-electron chi connectivity index (χ3n) is 0.552. The quantitative estimate of drug-likeness (QED) is 0.469. The molecule has 0 aromatic heterocycles. The molecule has 0 saturated carbocycles. The summed E-state index contributed by atoms with van der Waals surface area (Å²) in [4.78, 5) is 0. The van der Waals surface area contributed by atoms with Crippen molar-refractivity contribution in [3.05, 3.63) is 12.8 Å². The summed E-state index contributed by atoms with van der Waals surface area (Å²) in [6.07, 6.45) is 1.93. The summed E-state index contributed by atoms with van der Waals surface area (Å²) >= 11 is 0. The average Bonchev–Trinajstić information content (AvgIpc) is 1.61. The van der Waals surface area contributed by atoms with E-state index in [1.807, 2.05) is 0 Å². The van der Waals surface area contributed by atoms with Crippen molar-refractivity contribution in [2.45, 2.75) is 12.8 Å². The second-order valence-electron chi connectivity index (χ2n) is 1.13. The van der Waals surface area contributed by atoms with Crippen LogP contribution in [-0.4, -0.2) is 6.54 Å². The first kappa shape index (κ1) is 10.5. The van der Waals surface area contributed by atoms with Gasteiger partial charge in [-0.1, -0.05) is 6.42 Å². The van der Waals surface area contributed by atoms with E-state index in [1.54, 1.807) is 0 Å². The van der Waals surface area contributed by atoms with Crippen LogP contribution in [0, 0.1) is 6.92 Å². The van der Waals surface area contributed by atoms with Crippen molar-refractivity contribution in [2.75, 3.05) is 6.54 Å². The summed E-state index contributed by atoms with van der Waals surface area (Å²) in [5.74, 6) is 6.43. The number of nitrogens with one attached hydrogen (secondary N) is 2. The molecule has 0 spiro atoms. The van der Waals surface area contributed by atoms with E-state index in [0.717, 1.165) is 19.4 Å². The van der Waals surface area contributed by atoms with Gasteiger partial charge in [-0.3, -0.25) is 0 Å². The maximum absolute atomic E-state index is 6.43. The van der Waals surface area contributed by atoms with Gasteiger partial charge in [0.25, 0.3) is 0 Å². The maximum atomic E-state index is 6.43.